The van der Waals surface area contributed by atoms with Gasteiger partial charge < -0.3 is 5.32 Å². The van der Waals surface area contributed by atoms with Gasteiger partial charge in [0.25, 0.3) is 5.91 Å². The molecule has 1 N–H and O–H groups in total. The topological polar surface area (TPSA) is 78.8 Å². The van der Waals surface area contributed by atoms with Gasteiger partial charge in [0.2, 0.25) is 0 Å². The maximum Gasteiger partial charge on any atom is 0.251 e. The van der Waals surface area contributed by atoms with Crippen LogP contribution in [0.1, 0.15) is 63.9 Å². The molecule has 1 aliphatic heterocycles. The second kappa shape index (κ2) is 9.23. The van der Waals surface area contributed by atoms with Crippen LogP contribution in [0.15, 0.2) is 84.0 Å². The Morgan fingerprint density at radius 2 is 1.62 bits per heavy atom. The summed E-state index contributed by atoms with van der Waals surface area (Å²) >= 11 is 0. The molecule has 6 heteroatoms. The number of amides is 1. The number of Topliss-reactive ketones (excluding diaryl/α,β-unsaturated/α-hetero) is 1. The van der Waals surface area contributed by atoms with Crippen molar-refractivity contribution in [2.45, 2.75) is 56.0 Å². The average molecular weight is 520 g/mol. The number of carbonyl (C=O) groups is 2. The molecule has 1 amide bonds. The van der Waals surface area contributed by atoms with Crippen molar-refractivity contribution in [3.8, 4) is 0 Å². The van der Waals surface area contributed by atoms with E-state index in [1.165, 1.54) is 11.1 Å². The molecule has 3 aliphatic carbocycles. The molecule has 1 saturated heterocycles. The second-order valence-corrected chi connectivity index (χ2v) is 11.9. The van der Waals surface area contributed by atoms with Gasteiger partial charge in [0.1, 0.15) is 5.69 Å². The molecule has 4 bridgehead atoms. The third-order valence-electron chi connectivity index (χ3n) is 10.6. The number of ketones is 1. The fourth-order valence-corrected chi connectivity index (χ4v) is 9.10. The zero-order valence-corrected chi connectivity index (χ0v) is 22.0. The van der Waals surface area contributed by atoms with Gasteiger partial charge in [0.05, 0.1) is 6.54 Å². The number of hydrogen-bond donors (Lipinski definition) is 1. The first-order chi connectivity index (χ1) is 19.1. The standard InChI is InChI=1S/C33H33N3O3/c37-29(22-7-3-1-4-8-22)21-36-18-17-33-26-13-15-32(33,30(36)19-24-11-12-25(35-39)20-27(24)33)16-14-28(26)34-31(38)23-9-5-2-6-10-23/h1-12,20,26,28,30H,13-19,21H2,(H,34,38). The molecule has 3 fully saturated rings. The van der Waals surface area contributed by atoms with Crippen LogP contribution in [0.2, 0.25) is 0 Å². The number of nitroso groups, excluding NO2 is 1. The highest BCUT2D eigenvalue weighted by Gasteiger charge is 2.71. The molecule has 7 rings (SSSR count). The highest BCUT2D eigenvalue weighted by molar-refractivity contribution is 5.97. The van der Waals surface area contributed by atoms with Crippen LogP contribution in [-0.4, -0.2) is 41.8 Å². The maximum absolute atomic E-state index is 13.3. The van der Waals surface area contributed by atoms with E-state index in [4.69, 9.17) is 0 Å². The Morgan fingerprint density at radius 3 is 2.36 bits per heavy atom. The lowest BCUT2D eigenvalue weighted by Gasteiger charge is -2.66. The van der Waals surface area contributed by atoms with E-state index < -0.39 is 0 Å². The van der Waals surface area contributed by atoms with Crippen molar-refractivity contribution >= 4 is 17.4 Å². The molecular weight excluding hydrogens is 486 g/mol. The summed E-state index contributed by atoms with van der Waals surface area (Å²) in [7, 11) is 0. The van der Waals surface area contributed by atoms with E-state index in [1.807, 2.05) is 72.8 Å². The lowest BCUT2D eigenvalue weighted by Crippen LogP contribution is -2.70. The van der Waals surface area contributed by atoms with Crippen LogP contribution in [0.4, 0.5) is 5.69 Å². The van der Waals surface area contributed by atoms with E-state index in [-0.39, 0.29) is 40.5 Å². The largest absolute Gasteiger partial charge is 0.349 e. The van der Waals surface area contributed by atoms with Crippen molar-refractivity contribution in [3.05, 3.63) is 106 Å². The second-order valence-electron chi connectivity index (χ2n) is 11.9. The Bertz CT molecular complexity index is 1440. The molecule has 198 valence electrons. The molecule has 5 atom stereocenters. The van der Waals surface area contributed by atoms with E-state index in [0.717, 1.165) is 50.6 Å². The highest BCUT2D eigenvalue weighted by Crippen LogP contribution is 2.72. The Labute approximate surface area is 228 Å². The summed E-state index contributed by atoms with van der Waals surface area (Å²) in [4.78, 5) is 40.7. The Kier molecular flexibility index (Phi) is 5.78. The predicted molar refractivity (Wildman–Crippen MR) is 150 cm³/mol. The predicted octanol–water partition coefficient (Wildman–Crippen LogP) is 5.82. The smallest absolute Gasteiger partial charge is 0.251 e. The fourth-order valence-electron chi connectivity index (χ4n) is 9.10. The summed E-state index contributed by atoms with van der Waals surface area (Å²) in [6.45, 7) is 1.26. The fraction of sp³-hybridized carbons (Fsp3) is 0.394. The normalized spacial score (nSPS) is 30.6. The van der Waals surface area contributed by atoms with Crippen molar-refractivity contribution in [2.75, 3.05) is 13.1 Å². The van der Waals surface area contributed by atoms with Crippen molar-refractivity contribution in [1.82, 2.24) is 10.2 Å². The summed E-state index contributed by atoms with van der Waals surface area (Å²) in [6, 6.07) is 25.4. The van der Waals surface area contributed by atoms with Gasteiger partial charge in [-0.3, -0.25) is 14.5 Å². The van der Waals surface area contributed by atoms with Crippen LogP contribution in [0.25, 0.3) is 0 Å². The summed E-state index contributed by atoms with van der Waals surface area (Å²) in [5, 5.41) is 6.73. The van der Waals surface area contributed by atoms with Crippen LogP contribution in [0, 0.1) is 16.2 Å². The van der Waals surface area contributed by atoms with Gasteiger partial charge >= 0.3 is 0 Å². The lowest BCUT2D eigenvalue weighted by molar-refractivity contribution is -0.0902. The number of nitrogens with one attached hydrogen (secondary N) is 1. The number of carbonyl (C=O) groups excluding carboxylic acids is 2. The monoisotopic (exact) mass is 519 g/mol. The van der Waals surface area contributed by atoms with Crippen molar-refractivity contribution in [2.24, 2.45) is 16.5 Å². The van der Waals surface area contributed by atoms with Crippen LogP contribution in [0.5, 0.6) is 0 Å². The van der Waals surface area contributed by atoms with Gasteiger partial charge in [0.15, 0.2) is 5.78 Å². The van der Waals surface area contributed by atoms with Crippen molar-refractivity contribution in [1.29, 1.82) is 0 Å². The highest BCUT2D eigenvalue weighted by atomic mass is 16.3. The lowest BCUT2D eigenvalue weighted by atomic mass is 9.43. The first kappa shape index (κ1) is 24.4. The molecule has 0 spiro atoms. The molecule has 3 aromatic carbocycles. The Morgan fingerprint density at radius 1 is 0.897 bits per heavy atom. The van der Waals surface area contributed by atoms with Crippen LogP contribution in [0.3, 0.4) is 0 Å². The minimum Gasteiger partial charge on any atom is -0.349 e. The van der Waals surface area contributed by atoms with Crippen LogP contribution in [-0.2, 0) is 11.8 Å². The molecule has 0 radical (unpaired) electrons. The molecule has 1 heterocycles. The molecule has 2 saturated carbocycles. The number of fused-ring (bicyclic) bond motifs is 1. The Balaban J connectivity index is 1.27. The van der Waals surface area contributed by atoms with Gasteiger partial charge in [-0.1, -0.05) is 54.6 Å². The summed E-state index contributed by atoms with van der Waals surface area (Å²) in [5.74, 6) is 0.441. The summed E-state index contributed by atoms with van der Waals surface area (Å²) in [6.07, 6.45) is 5.85. The first-order valence-corrected chi connectivity index (χ1v) is 14.2. The molecule has 3 aromatic rings. The van der Waals surface area contributed by atoms with Gasteiger partial charge in [-0.05, 0) is 97.0 Å². The van der Waals surface area contributed by atoms with E-state index in [2.05, 4.69) is 21.5 Å². The Hall–Kier alpha value is -3.64. The van der Waals surface area contributed by atoms with Gasteiger partial charge in [0, 0.05) is 28.6 Å². The SMILES string of the molecule is O=Nc1ccc2c(c1)C13CCN(CC(=O)c4ccccc4)C(C2)C12CCC(NC(=O)c1ccccc1)C3CC2. The molecule has 39 heavy (non-hydrogen) atoms. The van der Waals surface area contributed by atoms with Gasteiger partial charge in [-0.15, -0.1) is 4.91 Å². The molecule has 6 nitrogen and oxygen atoms in total. The zero-order chi connectivity index (χ0) is 26.6. The molecule has 4 aliphatic rings. The first-order valence-electron chi connectivity index (χ1n) is 14.2. The van der Waals surface area contributed by atoms with Crippen molar-refractivity contribution in [3.63, 3.8) is 0 Å². The number of hydrogen-bond acceptors (Lipinski definition) is 5. The zero-order valence-electron chi connectivity index (χ0n) is 22.0. The van der Waals surface area contributed by atoms with Crippen LogP contribution < -0.4 is 5.32 Å². The maximum atomic E-state index is 13.3. The van der Waals surface area contributed by atoms with E-state index in [9.17, 15) is 14.5 Å². The quantitative estimate of drug-likeness (QED) is 0.329. The molecule has 5 unspecified atom stereocenters. The minimum absolute atomic E-state index is 0.0156. The number of nitrogens with zero attached hydrogens (tertiary/aromatic N) is 2. The number of piperidine rings is 1. The van der Waals surface area contributed by atoms with E-state index in [1.54, 1.807) is 0 Å². The van der Waals surface area contributed by atoms with Crippen molar-refractivity contribution < 1.29 is 9.59 Å². The molecular formula is C33H33N3O3. The minimum atomic E-state index is -0.134. The average Bonchev–Trinajstić information content (AvgIpc) is 3.24. The summed E-state index contributed by atoms with van der Waals surface area (Å²) < 4.78 is 0. The third-order valence-corrected chi connectivity index (χ3v) is 10.6. The van der Waals surface area contributed by atoms with E-state index >= 15 is 0 Å². The summed E-state index contributed by atoms with van der Waals surface area (Å²) in [5.41, 5.74) is 4.36. The van der Waals surface area contributed by atoms with Gasteiger partial charge in [-0.2, -0.15) is 0 Å². The number of benzene rings is 3. The third kappa shape index (κ3) is 3.57. The van der Waals surface area contributed by atoms with Crippen LogP contribution >= 0.6 is 0 Å². The molecule has 0 aromatic heterocycles. The number of likely N-dealkylation sites (tertiary alicyclic amines) is 1. The van der Waals surface area contributed by atoms with E-state index in [0.29, 0.717) is 17.8 Å². The number of rotatable bonds is 6. The van der Waals surface area contributed by atoms with Gasteiger partial charge in [-0.25, -0.2) is 0 Å².